The fourth-order valence-electron chi connectivity index (χ4n) is 1.77. The van der Waals surface area contributed by atoms with Gasteiger partial charge in [-0.1, -0.05) is 24.3 Å². The molecule has 0 aliphatic heterocycles. The van der Waals surface area contributed by atoms with Crippen LogP contribution < -0.4 is 15.5 Å². The third-order valence-electron chi connectivity index (χ3n) is 2.75. The smallest absolute Gasteiger partial charge is 0.330 e. The van der Waals surface area contributed by atoms with E-state index in [1.807, 2.05) is 17.5 Å². The minimum absolute atomic E-state index is 0.152. The molecule has 7 heteroatoms. The first kappa shape index (κ1) is 15.7. The Labute approximate surface area is 131 Å². The maximum atomic E-state index is 12.3. The number of urea groups is 2. The van der Waals surface area contributed by atoms with E-state index in [-0.39, 0.29) is 6.54 Å². The molecule has 6 nitrogen and oxygen atoms in total. The van der Waals surface area contributed by atoms with Gasteiger partial charge in [-0.2, -0.15) is 0 Å². The summed E-state index contributed by atoms with van der Waals surface area (Å²) in [5, 5.41) is 6.96. The van der Waals surface area contributed by atoms with Crippen LogP contribution in [0.4, 0.5) is 15.3 Å². The molecule has 0 bridgehead atoms. The number of rotatable bonds is 5. The van der Waals surface area contributed by atoms with Crippen molar-refractivity contribution in [2.45, 2.75) is 6.54 Å². The Morgan fingerprint density at radius 1 is 1.05 bits per heavy atom. The molecule has 1 heterocycles. The van der Waals surface area contributed by atoms with Crippen molar-refractivity contribution in [3.05, 3.63) is 52.7 Å². The van der Waals surface area contributed by atoms with E-state index >= 15 is 0 Å². The van der Waals surface area contributed by atoms with Gasteiger partial charge in [-0.25, -0.2) is 14.5 Å². The first-order valence-corrected chi connectivity index (χ1v) is 7.47. The fourth-order valence-corrected chi connectivity index (χ4v) is 2.41. The summed E-state index contributed by atoms with van der Waals surface area (Å²) in [6, 6.07) is 11.1. The highest BCUT2D eigenvalue weighted by molar-refractivity contribution is 7.09. The summed E-state index contributed by atoms with van der Waals surface area (Å²) in [5.74, 6) is 0. The molecule has 4 amide bonds. The number of nitrogens with zero attached hydrogens (tertiary/aromatic N) is 1. The van der Waals surface area contributed by atoms with Crippen LogP contribution in [0, 0.1) is 0 Å². The number of nitrogens with one attached hydrogen (secondary N) is 2. The molecule has 0 spiro atoms. The molecular formula is C15H15N3O3S. The van der Waals surface area contributed by atoms with E-state index in [0.29, 0.717) is 18.5 Å². The van der Waals surface area contributed by atoms with Gasteiger partial charge in [0.1, 0.15) is 6.29 Å². The van der Waals surface area contributed by atoms with E-state index < -0.39 is 12.1 Å². The molecule has 2 aromatic rings. The molecule has 1 aromatic carbocycles. The van der Waals surface area contributed by atoms with Gasteiger partial charge in [-0.3, -0.25) is 0 Å². The van der Waals surface area contributed by atoms with E-state index in [1.54, 1.807) is 30.3 Å². The van der Waals surface area contributed by atoms with E-state index in [2.05, 4.69) is 10.6 Å². The molecule has 0 radical (unpaired) electrons. The van der Waals surface area contributed by atoms with Gasteiger partial charge in [0.2, 0.25) is 0 Å². The average Bonchev–Trinajstić information content (AvgIpc) is 3.05. The highest BCUT2D eigenvalue weighted by atomic mass is 32.1. The van der Waals surface area contributed by atoms with Crippen molar-refractivity contribution in [2.24, 2.45) is 0 Å². The summed E-state index contributed by atoms with van der Waals surface area (Å²) in [4.78, 5) is 36.8. The van der Waals surface area contributed by atoms with E-state index in [9.17, 15) is 14.4 Å². The van der Waals surface area contributed by atoms with Crippen LogP contribution in [0.2, 0.25) is 0 Å². The van der Waals surface area contributed by atoms with Crippen molar-refractivity contribution in [2.75, 3.05) is 11.4 Å². The number of aldehydes is 1. The fraction of sp³-hybridized carbons (Fsp3) is 0.133. The second-order valence-corrected chi connectivity index (χ2v) is 5.29. The number of benzene rings is 1. The zero-order chi connectivity index (χ0) is 15.8. The standard InChI is InChI=1S/C15H15N3O3S/c19-9-8-16-14(20)18(12-5-2-1-3-6-12)15(21)17-11-13-7-4-10-22-13/h1-7,9-10H,8,11H2,(H,16,20)(H,17,21). The predicted octanol–water partition coefficient (Wildman–Crippen LogP) is 2.37. The molecule has 0 aliphatic carbocycles. The maximum absolute atomic E-state index is 12.3. The molecule has 22 heavy (non-hydrogen) atoms. The Balaban J connectivity index is 2.10. The summed E-state index contributed by atoms with van der Waals surface area (Å²) >= 11 is 1.51. The monoisotopic (exact) mass is 317 g/mol. The normalized spacial score (nSPS) is 9.82. The number of amides is 4. The molecule has 0 saturated carbocycles. The van der Waals surface area contributed by atoms with Crippen molar-refractivity contribution in [1.82, 2.24) is 10.6 Å². The number of thiophene rings is 1. The quantitative estimate of drug-likeness (QED) is 0.831. The minimum Gasteiger partial charge on any atom is -0.332 e. The van der Waals surface area contributed by atoms with Gasteiger partial charge >= 0.3 is 12.1 Å². The Kier molecular flexibility index (Phi) is 5.67. The lowest BCUT2D eigenvalue weighted by Crippen LogP contribution is -2.49. The molecule has 1 aromatic heterocycles. The molecule has 0 atom stereocenters. The highest BCUT2D eigenvalue weighted by Gasteiger charge is 2.22. The molecule has 0 unspecified atom stereocenters. The summed E-state index contributed by atoms with van der Waals surface area (Å²) in [7, 11) is 0. The van der Waals surface area contributed by atoms with Gasteiger partial charge in [-0.15, -0.1) is 11.3 Å². The van der Waals surface area contributed by atoms with Crippen molar-refractivity contribution in [1.29, 1.82) is 0 Å². The topological polar surface area (TPSA) is 78.5 Å². The summed E-state index contributed by atoms with van der Waals surface area (Å²) in [5.41, 5.74) is 0.426. The van der Waals surface area contributed by atoms with Crippen LogP contribution in [0.15, 0.2) is 47.8 Å². The Bertz CT molecular complexity index is 629. The number of carbonyl (C=O) groups excluding carboxylic acids is 3. The van der Waals surface area contributed by atoms with Crippen molar-refractivity contribution < 1.29 is 14.4 Å². The van der Waals surface area contributed by atoms with Crippen LogP contribution in [0.5, 0.6) is 0 Å². The van der Waals surface area contributed by atoms with Gasteiger partial charge in [0.25, 0.3) is 0 Å². The SMILES string of the molecule is O=CCNC(=O)N(C(=O)NCc1cccs1)c1ccccc1. The van der Waals surface area contributed by atoms with E-state index in [1.165, 1.54) is 11.3 Å². The van der Waals surface area contributed by atoms with E-state index in [0.717, 1.165) is 9.78 Å². The summed E-state index contributed by atoms with van der Waals surface area (Å²) < 4.78 is 0. The zero-order valence-electron chi connectivity index (χ0n) is 11.7. The largest absolute Gasteiger partial charge is 0.332 e. The lowest BCUT2D eigenvalue weighted by molar-refractivity contribution is -0.107. The van der Waals surface area contributed by atoms with Crippen LogP contribution in [0.1, 0.15) is 4.88 Å². The Morgan fingerprint density at radius 2 is 1.77 bits per heavy atom. The van der Waals surface area contributed by atoms with Gasteiger partial charge in [-0.05, 0) is 23.6 Å². The number of imide groups is 1. The molecule has 114 valence electrons. The maximum Gasteiger partial charge on any atom is 0.330 e. The molecule has 0 aliphatic rings. The van der Waals surface area contributed by atoms with Crippen LogP contribution in [0.25, 0.3) is 0 Å². The van der Waals surface area contributed by atoms with Gasteiger partial charge in [0, 0.05) is 4.88 Å². The number of anilines is 1. The second-order valence-electron chi connectivity index (χ2n) is 4.26. The number of carbonyl (C=O) groups is 3. The van der Waals surface area contributed by atoms with Crippen molar-refractivity contribution in [3.8, 4) is 0 Å². The van der Waals surface area contributed by atoms with Crippen LogP contribution >= 0.6 is 11.3 Å². The Hall–Kier alpha value is -2.67. The molecule has 2 rings (SSSR count). The van der Waals surface area contributed by atoms with Gasteiger partial charge in [0.05, 0.1) is 18.8 Å². The lowest BCUT2D eigenvalue weighted by Gasteiger charge is -2.21. The van der Waals surface area contributed by atoms with Gasteiger partial charge in [0.15, 0.2) is 0 Å². The molecule has 2 N–H and O–H groups in total. The van der Waals surface area contributed by atoms with Crippen LogP contribution in [-0.2, 0) is 11.3 Å². The third-order valence-corrected chi connectivity index (χ3v) is 3.63. The van der Waals surface area contributed by atoms with Crippen molar-refractivity contribution in [3.63, 3.8) is 0 Å². The summed E-state index contributed by atoms with van der Waals surface area (Å²) in [6.07, 6.45) is 0.560. The number of para-hydroxylation sites is 1. The lowest BCUT2D eigenvalue weighted by atomic mass is 10.3. The van der Waals surface area contributed by atoms with Crippen molar-refractivity contribution >= 4 is 35.4 Å². The molecule has 0 fully saturated rings. The highest BCUT2D eigenvalue weighted by Crippen LogP contribution is 2.14. The molecular weight excluding hydrogens is 302 g/mol. The Morgan fingerprint density at radius 3 is 2.41 bits per heavy atom. The first-order valence-electron chi connectivity index (χ1n) is 6.59. The zero-order valence-corrected chi connectivity index (χ0v) is 12.5. The van der Waals surface area contributed by atoms with E-state index in [4.69, 9.17) is 0 Å². The number of hydrogen-bond acceptors (Lipinski definition) is 4. The average molecular weight is 317 g/mol. The second kappa shape index (κ2) is 7.94. The summed E-state index contributed by atoms with van der Waals surface area (Å²) in [6.45, 7) is 0.182. The van der Waals surface area contributed by atoms with Crippen LogP contribution in [0.3, 0.4) is 0 Å². The molecule has 0 saturated heterocycles. The minimum atomic E-state index is -0.651. The first-order chi connectivity index (χ1) is 10.7. The van der Waals surface area contributed by atoms with Gasteiger partial charge < -0.3 is 15.4 Å². The van der Waals surface area contributed by atoms with Crippen LogP contribution in [-0.4, -0.2) is 24.9 Å². The third kappa shape index (κ3) is 4.16. The number of hydrogen-bond donors (Lipinski definition) is 2. The predicted molar refractivity (Wildman–Crippen MR) is 84.9 cm³/mol.